The predicted molar refractivity (Wildman–Crippen MR) is 125 cm³/mol. The van der Waals surface area contributed by atoms with Gasteiger partial charge < -0.3 is 5.73 Å². The SMILES string of the molecule is CCSc1ccsc1C1C(C#N)=C(N)N(c2n[nH]c(=S)s2)C2=C1C(=O)CC(C)(C)C2. The summed E-state index contributed by atoms with van der Waals surface area (Å²) < 4.78 is 0.516. The van der Waals surface area contributed by atoms with Crippen molar-refractivity contribution in [1.29, 1.82) is 5.26 Å². The van der Waals surface area contributed by atoms with Gasteiger partial charge in [-0.2, -0.15) is 5.26 Å². The third-order valence-electron chi connectivity index (χ3n) is 5.22. The van der Waals surface area contributed by atoms with Crippen LogP contribution in [0.3, 0.4) is 0 Å². The Hall–Kier alpha value is -1.93. The van der Waals surface area contributed by atoms with Gasteiger partial charge in [0.2, 0.25) is 5.13 Å². The molecular weight excluding hydrogens is 455 g/mol. The van der Waals surface area contributed by atoms with Crippen LogP contribution in [0.25, 0.3) is 0 Å². The lowest BCUT2D eigenvalue weighted by Gasteiger charge is -2.42. The zero-order valence-corrected chi connectivity index (χ0v) is 20.1. The Kier molecular flexibility index (Phi) is 5.66. The Labute approximate surface area is 192 Å². The standard InChI is InChI=1S/C20H21N5OS4/c1-4-28-13-5-6-29-16(13)14-10(9-21)17(22)25(18-23-24-19(27)30-18)11-7-20(2,3)8-12(26)15(11)14/h5-6,14H,4,7-8,22H2,1-3H3,(H,24,27). The monoisotopic (exact) mass is 475 g/mol. The Balaban J connectivity index is 2.00. The number of rotatable bonds is 4. The van der Waals surface area contributed by atoms with Crippen molar-refractivity contribution < 1.29 is 4.79 Å². The zero-order chi connectivity index (χ0) is 21.6. The second-order valence-electron chi connectivity index (χ2n) is 7.96. The fourth-order valence-electron chi connectivity index (χ4n) is 4.10. The number of allylic oxidation sites excluding steroid dienone is 3. The van der Waals surface area contributed by atoms with Gasteiger partial charge in [0, 0.05) is 27.5 Å². The number of ketones is 1. The molecule has 2 aromatic heterocycles. The zero-order valence-electron chi connectivity index (χ0n) is 16.8. The second-order valence-corrected chi connectivity index (χ2v) is 11.9. The van der Waals surface area contributed by atoms with Gasteiger partial charge in [0.15, 0.2) is 9.74 Å². The highest BCUT2D eigenvalue weighted by atomic mass is 32.2. The van der Waals surface area contributed by atoms with Crippen molar-refractivity contribution in [3.8, 4) is 6.07 Å². The van der Waals surface area contributed by atoms with Gasteiger partial charge in [-0.25, -0.2) is 0 Å². The summed E-state index contributed by atoms with van der Waals surface area (Å²) in [5.74, 6) is 0.861. The van der Waals surface area contributed by atoms with Gasteiger partial charge in [0.25, 0.3) is 0 Å². The molecule has 1 atom stereocenters. The van der Waals surface area contributed by atoms with E-state index in [-0.39, 0.29) is 11.2 Å². The fourth-order valence-corrected chi connectivity index (χ4v) is 7.07. The Bertz CT molecular complexity index is 1180. The summed E-state index contributed by atoms with van der Waals surface area (Å²) in [6.07, 6.45) is 1.10. The molecule has 1 aliphatic heterocycles. The van der Waals surface area contributed by atoms with Crippen molar-refractivity contribution in [2.45, 2.75) is 44.4 Å². The molecule has 1 aliphatic carbocycles. The van der Waals surface area contributed by atoms with Crippen LogP contribution in [0.2, 0.25) is 0 Å². The van der Waals surface area contributed by atoms with Crippen molar-refractivity contribution >= 4 is 57.6 Å². The van der Waals surface area contributed by atoms with Gasteiger partial charge in [-0.05, 0) is 41.3 Å². The number of aromatic amines is 1. The molecule has 0 saturated heterocycles. The van der Waals surface area contributed by atoms with E-state index >= 15 is 0 Å². The van der Waals surface area contributed by atoms with Gasteiger partial charge in [-0.15, -0.1) is 28.2 Å². The molecule has 4 rings (SSSR count). The first-order valence-electron chi connectivity index (χ1n) is 9.49. The minimum atomic E-state index is -0.439. The average Bonchev–Trinajstić information content (AvgIpc) is 3.29. The quantitative estimate of drug-likeness (QED) is 0.456. The lowest BCUT2D eigenvalue weighted by molar-refractivity contribution is -0.118. The second kappa shape index (κ2) is 7.96. The summed E-state index contributed by atoms with van der Waals surface area (Å²) in [6.45, 7) is 6.25. The molecule has 1 unspecified atom stereocenters. The van der Waals surface area contributed by atoms with Crippen molar-refractivity contribution in [2.75, 3.05) is 10.7 Å². The number of carbonyl (C=O) groups excluding carboxylic acids is 1. The van der Waals surface area contributed by atoms with Crippen LogP contribution in [-0.2, 0) is 4.79 Å². The number of anilines is 1. The number of nitriles is 1. The molecular formula is C20H21N5OS4. The highest BCUT2D eigenvalue weighted by Gasteiger charge is 2.46. The van der Waals surface area contributed by atoms with E-state index in [1.165, 1.54) is 11.3 Å². The molecule has 10 heteroatoms. The van der Waals surface area contributed by atoms with Crippen LogP contribution in [0, 0.1) is 20.7 Å². The largest absolute Gasteiger partial charge is 0.384 e. The van der Waals surface area contributed by atoms with Crippen LogP contribution in [0.1, 0.15) is 44.4 Å². The molecule has 0 amide bonds. The number of carbonyl (C=O) groups is 1. The lowest BCUT2D eigenvalue weighted by Crippen LogP contribution is -2.42. The third-order valence-corrected chi connectivity index (χ3v) is 8.36. The first-order valence-corrected chi connectivity index (χ1v) is 12.6. The molecule has 2 aromatic rings. The van der Waals surface area contributed by atoms with E-state index < -0.39 is 5.92 Å². The van der Waals surface area contributed by atoms with E-state index in [1.807, 2.05) is 5.38 Å². The van der Waals surface area contributed by atoms with Gasteiger partial charge in [0.05, 0.1) is 17.6 Å². The molecule has 0 fully saturated rings. The highest BCUT2D eigenvalue weighted by molar-refractivity contribution is 7.99. The van der Waals surface area contributed by atoms with Gasteiger partial charge in [-0.3, -0.25) is 14.8 Å². The molecule has 3 N–H and O–H groups in total. The summed E-state index contributed by atoms with van der Waals surface area (Å²) in [6, 6.07) is 4.36. The Morgan fingerprint density at radius 2 is 2.27 bits per heavy atom. The molecule has 0 aromatic carbocycles. The number of thiophene rings is 1. The van der Waals surface area contributed by atoms with E-state index in [4.69, 9.17) is 18.0 Å². The minimum Gasteiger partial charge on any atom is -0.384 e. The van der Waals surface area contributed by atoms with E-state index in [2.05, 4.69) is 43.1 Å². The van der Waals surface area contributed by atoms with Crippen molar-refractivity contribution in [2.24, 2.45) is 11.1 Å². The fraction of sp³-hybridized carbons (Fsp3) is 0.400. The molecule has 2 aliphatic rings. The average molecular weight is 476 g/mol. The third kappa shape index (κ3) is 3.54. The number of nitrogens with one attached hydrogen (secondary N) is 1. The molecule has 0 saturated carbocycles. The van der Waals surface area contributed by atoms with Crippen molar-refractivity contribution in [1.82, 2.24) is 10.2 Å². The number of nitrogens with two attached hydrogens (primary N) is 1. The molecule has 0 spiro atoms. The molecule has 0 bridgehead atoms. The molecule has 6 nitrogen and oxygen atoms in total. The normalized spacial score (nSPS) is 21.1. The highest BCUT2D eigenvalue weighted by Crippen LogP contribution is 2.52. The molecule has 3 heterocycles. The molecule has 30 heavy (non-hydrogen) atoms. The summed E-state index contributed by atoms with van der Waals surface area (Å²) in [7, 11) is 0. The summed E-state index contributed by atoms with van der Waals surface area (Å²) in [4.78, 5) is 17.3. The maximum absolute atomic E-state index is 13.5. The Morgan fingerprint density at radius 3 is 2.90 bits per heavy atom. The van der Waals surface area contributed by atoms with Crippen molar-refractivity contribution in [3.05, 3.63) is 42.9 Å². The Morgan fingerprint density at radius 1 is 1.50 bits per heavy atom. The molecule has 156 valence electrons. The van der Waals surface area contributed by atoms with E-state index in [0.717, 1.165) is 21.2 Å². The first-order chi connectivity index (χ1) is 14.3. The number of Topliss-reactive ketones (excluding diaryl/α,β-unsaturated/α-hetero) is 1. The van der Waals surface area contributed by atoms with E-state index in [0.29, 0.717) is 38.9 Å². The van der Waals surface area contributed by atoms with Crippen LogP contribution < -0.4 is 10.6 Å². The van der Waals surface area contributed by atoms with Gasteiger partial charge in [0.1, 0.15) is 5.82 Å². The number of nitrogens with zero attached hydrogens (tertiary/aromatic N) is 3. The van der Waals surface area contributed by atoms with Gasteiger partial charge in [-0.1, -0.05) is 32.1 Å². The summed E-state index contributed by atoms with van der Waals surface area (Å²) >= 11 is 9.79. The topological polar surface area (TPSA) is 98.8 Å². The lowest BCUT2D eigenvalue weighted by atomic mass is 9.70. The number of hydrogen-bond donors (Lipinski definition) is 2. The summed E-state index contributed by atoms with van der Waals surface area (Å²) in [5.41, 5.74) is 8.27. The smallest absolute Gasteiger partial charge is 0.216 e. The van der Waals surface area contributed by atoms with Crippen LogP contribution >= 0.6 is 46.7 Å². The minimum absolute atomic E-state index is 0.0662. The van der Waals surface area contributed by atoms with Crippen molar-refractivity contribution in [3.63, 3.8) is 0 Å². The van der Waals surface area contributed by atoms with Crippen LogP contribution in [0.5, 0.6) is 0 Å². The van der Waals surface area contributed by atoms with Crippen LogP contribution in [-0.4, -0.2) is 21.7 Å². The summed E-state index contributed by atoms with van der Waals surface area (Å²) in [5, 5.41) is 19.8. The van der Waals surface area contributed by atoms with E-state index in [9.17, 15) is 10.1 Å². The van der Waals surface area contributed by atoms with E-state index in [1.54, 1.807) is 28.0 Å². The maximum Gasteiger partial charge on any atom is 0.216 e. The maximum atomic E-state index is 13.5. The number of H-pyrrole nitrogens is 1. The van der Waals surface area contributed by atoms with Gasteiger partial charge >= 0.3 is 0 Å². The number of hydrogen-bond acceptors (Lipinski definition) is 9. The predicted octanol–water partition coefficient (Wildman–Crippen LogP) is 5.32. The number of aromatic nitrogens is 2. The van der Waals surface area contributed by atoms with Crippen LogP contribution in [0.15, 0.2) is 39.0 Å². The molecule has 0 radical (unpaired) electrons. The van der Waals surface area contributed by atoms with Crippen LogP contribution in [0.4, 0.5) is 5.13 Å². The first kappa shape index (κ1) is 21.3. The number of thioether (sulfide) groups is 1.